The normalized spacial score (nSPS) is 15.5. The summed E-state index contributed by atoms with van der Waals surface area (Å²) in [7, 11) is -3.72. The van der Waals surface area contributed by atoms with Crippen LogP contribution in [-0.2, 0) is 14.8 Å². The Labute approximate surface area is 105 Å². The minimum absolute atomic E-state index is 0.248. The minimum Gasteiger partial charge on any atom is -0.369 e. The van der Waals surface area contributed by atoms with E-state index in [0.29, 0.717) is 11.6 Å². The SMILES string of the molecule is CCO[C@H](c1ncc(Cl)cn1)[C@@H](C)S(N)(=O)=O. The van der Waals surface area contributed by atoms with Gasteiger partial charge in [0.15, 0.2) is 5.82 Å². The quantitative estimate of drug-likeness (QED) is 0.863. The Morgan fingerprint density at radius 1 is 1.47 bits per heavy atom. The van der Waals surface area contributed by atoms with Crippen LogP contribution in [0.15, 0.2) is 12.4 Å². The number of nitrogens with two attached hydrogens (primary N) is 1. The highest BCUT2D eigenvalue weighted by molar-refractivity contribution is 7.89. The summed E-state index contributed by atoms with van der Waals surface area (Å²) in [5, 5.41) is 4.53. The lowest BCUT2D eigenvalue weighted by Gasteiger charge is -2.20. The Kier molecular flexibility index (Phi) is 4.81. The smallest absolute Gasteiger partial charge is 0.214 e. The van der Waals surface area contributed by atoms with E-state index in [1.54, 1.807) is 6.92 Å². The van der Waals surface area contributed by atoms with Crippen LogP contribution in [0, 0.1) is 0 Å². The molecule has 0 bridgehead atoms. The van der Waals surface area contributed by atoms with Crippen LogP contribution in [0.2, 0.25) is 5.02 Å². The highest BCUT2D eigenvalue weighted by Gasteiger charge is 2.30. The van der Waals surface area contributed by atoms with Gasteiger partial charge in [-0.15, -0.1) is 0 Å². The fourth-order valence-corrected chi connectivity index (χ4v) is 1.88. The van der Waals surface area contributed by atoms with Gasteiger partial charge in [-0.1, -0.05) is 11.6 Å². The van der Waals surface area contributed by atoms with Gasteiger partial charge < -0.3 is 4.74 Å². The number of nitrogens with zero attached hydrogens (tertiary/aromatic N) is 2. The number of aromatic nitrogens is 2. The summed E-state index contributed by atoms with van der Waals surface area (Å²) in [6.45, 7) is 3.53. The van der Waals surface area contributed by atoms with Crippen LogP contribution in [0.3, 0.4) is 0 Å². The van der Waals surface area contributed by atoms with E-state index in [-0.39, 0.29) is 5.82 Å². The van der Waals surface area contributed by atoms with Crippen LogP contribution in [0.1, 0.15) is 25.8 Å². The van der Waals surface area contributed by atoms with Gasteiger partial charge in [0.05, 0.1) is 5.02 Å². The summed E-state index contributed by atoms with van der Waals surface area (Å²) in [5.74, 6) is 0.248. The Morgan fingerprint density at radius 2 is 2.00 bits per heavy atom. The average Bonchev–Trinajstić information content (AvgIpc) is 2.25. The first kappa shape index (κ1) is 14.3. The molecule has 17 heavy (non-hydrogen) atoms. The van der Waals surface area contributed by atoms with Gasteiger partial charge in [-0.2, -0.15) is 0 Å². The van der Waals surface area contributed by atoms with Crippen molar-refractivity contribution in [2.75, 3.05) is 6.61 Å². The van der Waals surface area contributed by atoms with E-state index in [1.807, 2.05) is 0 Å². The Bertz CT molecular complexity index is 463. The molecule has 2 N–H and O–H groups in total. The summed E-state index contributed by atoms with van der Waals surface area (Å²) in [4.78, 5) is 7.89. The molecule has 0 fully saturated rings. The van der Waals surface area contributed by atoms with Crippen molar-refractivity contribution in [3.8, 4) is 0 Å². The molecule has 6 nitrogen and oxygen atoms in total. The molecule has 0 unspecified atom stereocenters. The van der Waals surface area contributed by atoms with Crippen LogP contribution in [0.25, 0.3) is 0 Å². The second kappa shape index (κ2) is 5.72. The Balaban J connectivity index is 3.05. The molecule has 0 aliphatic carbocycles. The molecule has 8 heteroatoms. The van der Waals surface area contributed by atoms with Gasteiger partial charge in [0.1, 0.15) is 11.4 Å². The zero-order valence-electron chi connectivity index (χ0n) is 9.50. The van der Waals surface area contributed by atoms with Gasteiger partial charge in [-0.25, -0.2) is 23.5 Å². The summed E-state index contributed by atoms with van der Waals surface area (Å²) < 4.78 is 27.9. The maximum Gasteiger partial charge on any atom is 0.214 e. The van der Waals surface area contributed by atoms with Crippen molar-refractivity contribution < 1.29 is 13.2 Å². The zero-order valence-corrected chi connectivity index (χ0v) is 11.1. The third-order valence-electron chi connectivity index (χ3n) is 2.19. The topological polar surface area (TPSA) is 95.2 Å². The molecule has 1 rings (SSSR count). The fraction of sp³-hybridized carbons (Fsp3) is 0.556. The maximum absolute atomic E-state index is 11.3. The molecule has 0 amide bonds. The van der Waals surface area contributed by atoms with E-state index >= 15 is 0 Å². The first-order chi connectivity index (χ1) is 7.86. The molecule has 96 valence electrons. The predicted molar refractivity (Wildman–Crippen MR) is 64.0 cm³/mol. The maximum atomic E-state index is 11.3. The van der Waals surface area contributed by atoms with Gasteiger partial charge >= 0.3 is 0 Å². The summed E-state index contributed by atoms with van der Waals surface area (Å²) in [6, 6.07) is 0. The lowest BCUT2D eigenvalue weighted by Crippen LogP contribution is -2.33. The van der Waals surface area contributed by atoms with Crippen molar-refractivity contribution in [2.45, 2.75) is 25.2 Å². The van der Waals surface area contributed by atoms with Crippen LogP contribution < -0.4 is 5.14 Å². The summed E-state index contributed by atoms with van der Waals surface area (Å²) in [5.41, 5.74) is 0. The van der Waals surface area contributed by atoms with Crippen molar-refractivity contribution in [1.29, 1.82) is 0 Å². The second-order valence-electron chi connectivity index (χ2n) is 3.43. The van der Waals surface area contributed by atoms with Crippen molar-refractivity contribution in [2.24, 2.45) is 5.14 Å². The Hall–Kier alpha value is -0.760. The minimum atomic E-state index is -3.72. The lowest BCUT2D eigenvalue weighted by atomic mass is 10.2. The molecule has 0 spiro atoms. The van der Waals surface area contributed by atoms with E-state index in [2.05, 4.69) is 9.97 Å². The summed E-state index contributed by atoms with van der Waals surface area (Å²) in [6.07, 6.45) is 1.96. The number of hydrogen-bond acceptors (Lipinski definition) is 5. The van der Waals surface area contributed by atoms with Crippen molar-refractivity contribution in [1.82, 2.24) is 9.97 Å². The van der Waals surface area contributed by atoms with E-state index in [0.717, 1.165) is 0 Å². The monoisotopic (exact) mass is 279 g/mol. The average molecular weight is 280 g/mol. The van der Waals surface area contributed by atoms with Crippen LogP contribution in [-0.4, -0.2) is 30.2 Å². The number of hydrogen-bond donors (Lipinski definition) is 1. The van der Waals surface area contributed by atoms with E-state index in [4.69, 9.17) is 21.5 Å². The molecule has 0 aliphatic rings. The molecule has 1 heterocycles. The number of ether oxygens (including phenoxy) is 1. The van der Waals surface area contributed by atoms with Crippen LogP contribution in [0.5, 0.6) is 0 Å². The van der Waals surface area contributed by atoms with Crippen molar-refractivity contribution >= 4 is 21.6 Å². The highest BCUT2D eigenvalue weighted by atomic mass is 35.5. The molecular weight excluding hydrogens is 266 g/mol. The Morgan fingerprint density at radius 3 is 2.41 bits per heavy atom. The first-order valence-electron chi connectivity index (χ1n) is 4.97. The van der Waals surface area contributed by atoms with Gasteiger partial charge in [0.2, 0.25) is 10.0 Å². The van der Waals surface area contributed by atoms with Crippen LogP contribution in [0.4, 0.5) is 0 Å². The zero-order chi connectivity index (χ0) is 13.1. The molecule has 0 saturated carbocycles. The van der Waals surface area contributed by atoms with Crippen molar-refractivity contribution in [3.63, 3.8) is 0 Å². The highest BCUT2D eigenvalue weighted by Crippen LogP contribution is 2.22. The van der Waals surface area contributed by atoms with Gasteiger partial charge in [-0.05, 0) is 13.8 Å². The summed E-state index contributed by atoms with van der Waals surface area (Å²) >= 11 is 5.65. The van der Waals surface area contributed by atoms with Crippen LogP contribution >= 0.6 is 11.6 Å². The fourth-order valence-electron chi connectivity index (χ4n) is 1.24. The molecule has 0 aromatic carbocycles. The largest absolute Gasteiger partial charge is 0.369 e. The molecule has 2 atom stereocenters. The van der Waals surface area contributed by atoms with Gasteiger partial charge in [0.25, 0.3) is 0 Å². The van der Waals surface area contributed by atoms with E-state index in [9.17, 15) is 8.42 Å². The molecular formula is C9H14ClN3O3S. The van der Waals surface area contributed by atoms with Gasteiger partial charge in [0, 0.05) is 19.0 Å². The molecule has 0 radical (unpaired) electrons. The third-order valence-corrected chi connectivity index (χ3v) is 3.66. The number of halogens is 1. The molecule has 1 aromatic heterocycles. The predicted octanol–water partition coefficient (Wildman–Crippen LogP) is 0.885. The number of sulfonamides is 1. The standard InChI is InChI=1S/C9H14ClN3O3S/c1-3-16-8(6(2)17(11,14)15)9-12-4-7(10)5-13-9/h4-6,8H,3H2,1-2H3,(H2,11,14,15)/t6-,8+/m1/s1. The van der Waals surface area contributed by atoms with Gasteiger partial charge in [-0.3, -0.25) is 0 Å². The third kappa shape index (κ3) is 3.88. The van der Waals surface area contributed by atoms with E-state index in [1.165, 1.54) is 19.3 Å². The molecule has 0 saturated heterocycles. The first-order valence-corrected chi connectivity index (χ1v) is 6.95. The van der Waals surface area contributed by atoms with Crippen molar-refractivity contribution in [3.05, 3.63) is 23.2 Å². The lowest BCUT2D eigenvalue weighted by molar-refractivity contribution is 0.0557. The second-order valence-corrected chi connectivity index (χ2v) is 5.79. The number of rotatable bonds is 5. The van der Waals surface area contributed by atoms with E-state index < -0.39 is 21.4 Å². The molecule has 0 aliphatic heterocycles. The number of primary sulfonamides is 1. The molecule has 1 aromatic rings.